The zero-order valence-electron chi connectivity index (χ0n) is 12.4. The predicted molar refractivity (Wildman–Crippen MR) is 76.5 cm³/mol. The smallest absolute Gasteiger partial charge is 0.134 e. The molecule has 0 spiro atoms. The Kier molecular flexibility index (Phi) is 4.96. The SMILES string of the molecule is CCCNC(c1ccoc1C)c1c(F)cc(OC)cc1F. The fourth-order valence-corrected chi connectivity index (χ4v) is 2.31. The minimum absolute atomic E-state index is 0.0197. The van der Waals surface area contributed by atoms with E-state index < -0.39 is 17.7 Å². The number of benzene rings is 1. The molecule has 2 rings (SSSR count). The molecule has 1 atom stereocenters. The van der Waals surface area contributed by atoms with E-state index in [4.69, 9.17) is 9.15 Å². The van der Waals surface area contributed by atoms with Gasteiger partial charge in [0, 0.05) is 23.3 Å². The molecule has 0 aliphatic heterocycles. The molecule has 1 unspecified atom stereocenters. The average molecular weight is 295 g/mol. The quantitative estimate of drug-likeness (QED) is 0.876. The van der Waals surface area contributed by atoms with Gasteiger partial charge in [0.15, 0.2) is 0 Å². The molecule has 1 aromatic heterocycles. The summed E-state index contributed by atoms with van der Waals surface area (Å²) >= 11 is 0. The number of nitrogens with one attached hydrogen (secondary N) is 1. The highest BCUT2D eigenvalue weighted by atomic mass is 19.1. The third-order valence-electron chi connectivity index (χ3n) is 3.39. The summed E-state index contributed by atoms with van der Waals surface area (Å²) in [6.07, 6.45) is 2.37. The largest absolute Gasteiger partial charge is 0.497 e. The summed E-state index contributed by atoms with van der Waals surface area (Å²) in [7, 11) is 1.38. The molecule has 114 valence electrons. The first-order valence-corrected chi connectivity index (χ1v) is 6.88. The lowest BCUT2D eigenvalue weighted by atomic mass is 9.97. The molecule has 0 amide bonds. The molecule has 0 saturated heterocycles. The summed E-state index contributed by atoms with van der Waals surface area (Å²) in [6, 6.07) is 3.52. The van der Waals surface area contributed by atoms with Crippen LogP contribution in [0.5, 0.6) is 5.75 Å². The molecule has 1 N–H and O–H groups in total. The number of methoxy groups -OCH3 is 1. The van der Waals surface area contributed by atoms with Gasteiger partial charge in [0.2, 0.25) is 0 Å². The summed E-state index contributed by atoms with van der Waals surface area (Å²) in [5.74, 6) is -0.479. The van der Waals surface area contributed by atoms with E-state index in [0.29, 0.717) is 12.3 Å². The predicted octanol–water partition coefficient (Wildman–Crippen LogP) is 3.96. The molecule has 1 heterocycles. The number of aryl methyl sites for hydroxylation is 1. The average Bonchev–Trinajstić information content (AvgIpc) is 2.87. The number of rotatable bonds is 6. The van der Waals surface area contributed by atoms with Crippen LogP contribution in [0, 0.1) is 18.6 Å². The van der Waals surface area contributed by atoms with Crippen molar-refractivity contribution in [2.45, 2.75) is 26.3 Å². The van der Waals surface area contributed by atoms with Crippen LogP contribution in [-0.2, 0) is 0 Å². The van der Waals surface area contributed by atoms with Gasteiger partial charge in [0.25, 0.3) is 0 Å². The van der Waals surface area contributed by atoms with Gasteiger partial charge in [-0.25, -0.2) is 8.78 Å². The maximum absolute atomic E-state index is 14.3. The van der Waals surface area contributed by atoms with Gasteiger partial charge in [-0.1, -0.05) is 6.92 Å². The minimum Gasteiger partial charge on any atom is -0.497 e. The van der Waals surface area contributed by atoms with E-state index in [9.17, 15) is 8.78 Å². The number of furan rings is 1. The maximum Gasteiger partial charge on any atom is 0.134 e. The molecular formula is C16H19F2NO2. The molecule has 0 fully saturated rings. The zero-order chi connectivity index (χ0) is 15.4. The van der Waals surface area contributed by atoms with E-state index in [-0.39, 0.29) is 11.3 Å². The third kappa shape index (κ3) is 3.24. The Morgan fingerprint density at radius 2 is 1.95 bits per heavy atom. The van der Waals surface area contributed by atoms with Crippen molar-refractivity contribution in [2.24, 2.45) is 0 Å². The Hall–Kier alpha value is -1.88. The lowest BCUT2D eigenvalue weighted by molar-refractivity contribution is 0.402. The van der Waals surface area contributed by atoms with Crippen molar-refractivity contribution < 1.29 is 17.9 Å². The lowest BCUT2D eigenvalue weighted by Gasteiger charge is -2.20. The highest BCUT2D eigenvalue weighted by molar-refractivity contribution is 5.38. The van der Waals surface area contributed by atoms with Crippen molar-refractivity contribution in [3.05, 3.63) is 53.0 Å². The van der Waals surface area contributed by atoms with Gasteiger partial charge >= 0.3 is 0 Å². The van der Waals surface area contributed by atoms with Crippen molar-refractivity contribution in [1.29, 1.82) is 0 Å². The van der Waals surface area contributed by atoms with Crippen LogP contribution in [0.15, 0.2) is 28.9 Å². The fraction of sp³-hybridized carbons (Fsp3) is 0.375. The molecule has 0 saturated carbocycles. The second-order valence-electron chi connectivity index (χ2n) is 4.82. The van der Waals surface area contributed by atoms with Crippen LogP contribution < -0.4 is 10.1 Å². The number of hydrogen-bond donors (Lipinski definition) is 1. The van der Waals surface area contributed by atoms with Crippen LogP contribution in [0.2, 0.25) is 0 Å². The summed E-state index contributed by atoms with van der Waals surface area (Å²) in [5, 5.41) is 3.17. The second-order valence-corrected chi connectivity index (χ2v) is 4.82. The Morgan fingerprint density at radius 3 is 2.43 bits per heavy atom. The molecule has 2 aromatic rings. The monoisotopic (exact) mass is 295 g/mol. The molecular weight excluding hydrogens is 276 g/mol. The standard InChI is InChI=1S/C16H19F2NO2/c1-4-6-19-16(12-5-7-21-10(12)2)15-13(17)8-11(20-3)9-14(15)18/h5,7-9,16,19H,4,6H2,1-3H3. The molecule has 0 aliphatic rings. The maximum atomic E-state index is 14.3. The Balaban J connectivity index is 2.49. The van der Waals surface area contributed by atoms with Gasteiger partial charge in [-0.3, -0.25) is 0 Å². The Morgan fingerprint density at radius 1 is 1.29 bits per heavy atom. The third-order valence-corrected chi connectivity index (χ3v) is 3.39. The van der Waals surface area contributed by atoms with Gasteiger partial charge in [0.05, 0.1) is 19.4 Å². The Bertz CT molecular complexity index is 587. The first-order valence-electron chi connectivity index (χ1n) is 6.88. The van der Waals surface area contributed by atoms with Crippen molar-refractivity contribution in [1.82, 2.24) is 5.32 Å². The van der Waals surface area contributed by atoms with Crippen molar-refractivity contribution in [3.8, 4) is 5.75 Å². The van der Waals surface area contributed by atoms with Crippen LogP contribution in [-0.4, -0.2) is 13.7 Å². The number of halogens is 2. The highest BCUT2D eigenvalue weighted by Crippen LogP contribution is 2.31. The molecule has 0 bridgehead atoms. The van der Waals surface area contributed by atoms with Crippen molar-refractivity contribution in [2.75, 3.05) is 13.7 Å². The molecule has 3 nitrogen and oxygen atoms in total. The van der Waals surface area contributed by atoms with Crippen molar-refractivity contribution >= 4 is 0 Å². The summed E-state index contributed by atoms with van der Waals surface area (Å²) in [6.45, 7) is 4.41. The second kappa shape index (κ2) is 6.72. The normalized spacial score (nSPS) is 12.4. The summed E-state index contributed by atoms with van der Waals surface area (Å²) in [5.41, 5.74) is 0.708. The topological polar surface area (TPSA) is 34.4 Å². The van der Waals surface area contributed by atoms with Crippen LogP contribution in [0.25, 0.3) is 0 Å². The van der Waals surface area contributed by atoms with E-state index in [1.54, 1.807) is 13.0 Å². The van der Waals surface area contributed by atoms with Gasteiger partial charge in [-0.05, 0) is 26.0 Å². The minimum atomic E-state index is -0.638. The Labute approximate surface area is 122 Å². The van der Waals surface area contributed by atoms with E-state index in [0.717, 1.165) is 12.0 Å². The van der Waals surface area contributed by atoms with Gasteiger partial charge < -0.3 is 14.5 Å². The first-order chi connectivity index (χ1) is 10.1. The highest BCUT2D eigenvalue weighted by Gasteiger charge is 2.25. The molecule has 5 heteroatoms. The zero-order valence-corrected chi connectivity index (χ0v) is 12.4. The van der Waals surface area contributed by atoms with E-state index in [2.05, 4.69) is 5.32 Å². The van der Waals surface area contributed by atoms with Crippen LogP contribution in [0.4, 0.5) is 8.78 Å². The molecule has 0 aliphatic carbocycles. The fourth-order valence-electron chi connectivity index (χ4n) is 2.31. The van der Waals surface area contributed by atoms with E-state index in [1.807, 2.05) is 6.92 Å². The first kappa shape index (κ1) is 15.5. The summed E-state index contributed by atoms with van der Waals surface area (Å²) in [4.78, 5) is 0. The molecule has 21 heavy (non-hydrogen) atoms. The van der Waals surface area contributed by atoms with Gasteiger partial charge in [0.1, 0.15) is 23.1 Å². The van der Waals surface area contributed by atoms with Gasteiger partial charge in [-0.2, -0.15) is 0 Å². The van der Waals surface area contributed by atoms with Crippen LogP contribution in [0.1, 0.15) is 36.3 Å². The van der Waals surface area contributed by atoms with Gasteiger partial charge in [-0.15, -0.1) is 0 Å². The number of ether oxygens (including phenoxy) is 1. The summed E-state index contributed by atoms with van der Waals surface area (Å²) < 4.78 is 38.8. The number of hydrogen-bond acceptors (Lipinski definition) is 3. The van der Waals surface area contributed by atoms with Crippen LogP contribution >= 0.6 is 0 Å². The lowest BCUT2D eigenvalue weighted by Crippen LogP contribution is -2.25. The van der Waals surface area contributed by atoms with E-state index >= 15 is 0 Å². The van der Waals surface area contributed by atoms with Crippen molar-refractivity contribution in [3.63, 3.8) is 0 Å². The van der Waals surface area contributed by atoms with Crippen LogP contribution in [0.3, 0.4) is 0 Å². The molecule has 1 aromatic carbocycles. The van der Waals surface area contributed by atoms with E-state index in [1.165, 1.54) is 25.5 Å². The molecule has 0 radical (unpaired) electrons.